The highest BCUT2D eigenvalue weighted by Gasteiger charge is 2.41. The van der Waals surface area contributed by atoms with Crippen molar-refractivity contribution >= 4 is 0 Å². The van der Waals surface area contributed by atoms with E-state index < -0.39 is 5.60 Å². The molecule has 0 aromatic carbocycles. The minimum Gasteiger partial charge on any atom is -0.383 e. The van der Waals surface area contributed by atoms with Crippen LogP contribution in [0.25, 0.3) is 0 Å². The van der Waals surface area contributed by atoms with Gasteiger partial charge in [-0.15, -0.1) is 0 Å². The third-order valence-corrected chi connectivity index (χ3v) is 3.03. The Balaban J connectivity index is 2.52. The zero-order valence-corrected chi connectivity index (χ0v) is 7.70. The summed E-state index contributed by atoms with van der Waals surface area (Å²) >= 11 is 0. The minimum atomic E-state index is -0.858. The van der Waals surface area contributed by atoms with Crippen molar-refractivity contribution in [1.82, 2.24) is 4.98 Å². The molecule has 1 aliphatic carbocycles. The number of aromatic nitrogens is 1. The van der Waals surface area contributed by atoms with Crippen molar-refractivity contribution in [2.45, 2.75) is 18.9 Å². The van der Waals surface area contributed by atoms with E-state index in [1.807, 2.05) is 13.0 Å². The molecule has 1 aromatic rings. The van der Waals surface area contributed by atoms with Crippen molar-refractivity contribution in [3.63, 3.8) is 0 Å². The van der Waals surface area contributed by atoms with Gasteiger partial charge in [0.2, 0.25) is 0 Å². The molecule has 70 valence electrons. The first-order valence-corrected chi connectivity index (χ1v) is 4.54. The zero-order valence-electron chi connectivity index (χ0n) is 7.70. The van der Waals surface area contributed by atoms with Crippen molar-refractivity contribution in [2.24, 2.45) is 11.7 Å². The maximum Gasteiger partial charge on any atom is 0.106 e. The molecule has 0 fully saturated rings. The van der Waals surface area contributed by atoms with Gasteiger partial charge in [-0.3, -0.25) is 4.98 Å². The maximum atomic E-state index is 10.3. The van der Waals surface area contributed by atoms with Crippen LogP contribution in [0, 0.1) is 5.92 Å². The number of hydrogen-bond acceptors (Lipinski definition) is 3. The SMILES string of the molecule is CC1Cc2ccncc2C1(O)CN. The number of nitrogens with zero attached hydrogens (tertiary/aromatic N) is 1. The van der Waals surface area contributed by atoms with Gasteiger partial charge in [0, 0.05) is 24.5 Å². The molecule has 0 saturated carbocycles. The maximum absolute atomic E-state index is 10.3. The fourth-order valence-corrected chi connectivity index (χ4v) is 2.07. The Hall–Kier alpha value is -0.930. The van der Waals surface area contributed by atoms with Crippen LogP contribution in [0.15, 0.2) is 18.5 Å². The molecular weight excluding hydrogens is 164 g/mol. The van der Waals surface area contributed by atoms with Crippen LogP contribution in [0.3, 0.4) is 0 Å². The Morgan fingerprint density at radius 2 is 2.54 bits per heavy atom. The smallest absolute Gasteiger partial charge is 0.106 e. The molecule has 2 unspecified atom stereocenters. The number of pyridine rings is 1. The summed E-state index contributed by atoms with van der Waals surface area (Å²) in [6, 6.07) is 1.96. The predicted molar refractivity (Wildman–Crippen MR) is 50.1 cm³/mol. The van der Waals surface area contributed by atoms with Crippen LogP contribution in [0.4, 0.5) is 0 Å². The lowest BCUT2D eigenvalue weighted by Gasteiger charge is -2.26. The van der Waals surface area contributed by atoms with E-state index in [1.54, 1.807) is 12.4 Å². The zero-order chi connectivity index (χ0) is 9.47. The van der Waals surface area contributed by atoms with Gasteiger partial charge in [-0.05, 0) is 24.0 Å². The van der Waals surface area contributed by atoms with Gasteiger partial charge in [-0.25, -0.2) is 0 Å². The van der Waals surface area contributed by atoms with E-state index in [4.69, 9.17) is 5.73 Å². The number of rotatable bonds is 1. The van der Waals surface area contributed by atoms with E-state index in [0.717, 1.165) is 12.0 Å². The molecule has 0 bridgehead atoms. The van der Waals surface area contributed by atoms with E-state index in [-0.39, 0.29) is 12.5 Å². The topological polar surface area (TPSA) is 59.1 Å². The molecule has 2 atom stereocenters. The molecule has 3 N–H and O–H groups in total. The number of aliphatic hydroxyl groups is 1. The van der Waals surface area contributed by atoms with E-state index in [0.29, 0.717) is 0 Å². The summed E-state index contributed by atoms with van der Waals surface area (Å²) in [5, 5.41) is 10.3. The van der Waals surface area contributed by atoms with E-state index >= 15 is 0 Å². The highest BCUT2D eigenvalue weighted by atomic mass is 16.3. The lowest BCUT2D eigenvalue weighted by Crippen LogP contribution is -2.38. The van der Waals surface area contributed by atoms with Crippen molar-refractivity contribution < 1.29 is 5.11 Å². The van der Waals surface area contributed by atoms with Gasteiger partial charge in [0.15, 0.2) is 0 Å². The molecule has 13 heavy (non-hydrogen) atoms. The second-order valence-corrected chi connectivity index (χ2v) is 3.77. The molecule has 2 rings (SSSR count). The molecule has 1 aromatic heterocycles. The summed E-state index contributed by atoms with van der Waals surface area (Å²) in [7, 11) is 0. The van der Waals surface area contributed by atoms with Crippen LogP contribution in [0.5, 0.6) is 0 Å². The predicted octanol–water partition coefficient (Wildman–Crippen LogP) is 0.420. The molecule has 0 aliphatic heterocycles. The van der Waals surface area contributed by atoms with Crippen LogP contribution in [0.1, 0.15) is 18.1 Å². The summed E-state index contributed by atoms with van der Waals surface area (Å²) in [5.74, 6) is 0.191. The minimum absolute atomic E-state index is 0.191. The van der Waals surface area contributed by atoms with Crippen molar-refractivity contribution in [1.29, 1.82) is 0 Å². The molecule has 1 heterocycles. The third-order valence-electron chi connectivity index (χ3n) is 3.03. The molecule has 0 spiro atoms. The Labute approximate surface area is 77.6 Å². The van der Waals surface area contributed by atoms with Crippen molar-refractivity contribution in [2.75, 3.05) is 6.54 Å². The first-order chi connectivity index (χ1) is 6.18. The first-order valence-electron chi connectivity index (χ1n) is 4.54. The fraction of sp³-hybridized carbons (Fsp3) is 0.500. The Morgan fingerprint density at radius 1 is 1.77 bits per heavy atom. The van der Waals surface area contributed by atoms with Crippen LogP contribution in [0.2, 0.25) is 0 Å². The van der Waals surface area contributed by atoms with Gasteiger partial charge >= 0.3 is 0 Å². The number of fused-ring (bicyclic) bond motifs is 1. The van der Waals surface area contributed by atoms with Gasteiger partial charge in [-0.1, -0.05) is 6.92 Å². The summed E-state index contributed by atoms with van der Waals surface area (Å²) in [6.07, 6.45) is 4.38. The van der Waals surface area contributed by atoms with Gasteiger partial charge in [0.05, 0.1) is 0 Å². The molecule has 3 heteroatoms. The second-order valence-electron chi connectivity index (χ2n) is 3.77. The quantitative estimate of drug-likeness (QED) is 0.655. The molecule has 0 saturated heterocycles. The molecule has 1 aliphatic rings. The molecule has 0 amide bonds. The average molecular weight is 178 g/mol. The lowest BCUT2D eigenvalue weighted by atomic mass is 9.89. The van der Waals surface area contributed by atoms with Crippen molar-refractivity contribution in [3.8, 4) is 0 Å². The van der Waals surface area contributed by atoms with Crippen LogP contribution in [-0.2, 0) is 12.0 Å². The third kappa shape index (κ3) is 1.08. The van der Waals surface area contributed by atoms with Gasteiger partial charge in [0.1, 0.15) is 5.60 Å². The lowest BCUT2D eigenvalue weighted by molar-refractivity contribution is 0.00474. The van der Waals surface area contributed by atoms with Crippen LogP contribution < -0.4 is 5.73 Å². The highest BCUT2D eigenvalue weighted by Crippen LogP contribution is 2.39. The van der Waals surface area contributed by atoms with Gasteiger partial charge in [-0.2, -0.15) is 0 Å². The number of nitrogens with two attached hydrogens (primary N) is 1. The Bertz CT molecular complexity index is 326. The molecule has 0 radical (unpaired) electrons. The molecule has 3 nitrogen and oxygen atoms in total. The Morgan fingerprint density at radius 3 is 3.23 bits per heavy atom. The van der Waals surface area contributed by atoms with Crippen LogP contribution in [-0.4, -0.2) is 16.6 Å². The largest absolute Gasteiger partial charge is 0.383 e. The monoisotopic (exact) mass is 178 g/mol. The number of hydrogen-bond donors (Lipinski definition) is 2. The fourth-order valence-electron chi connectivity index (χ4n) is 2.07. The normalized spacial score (nSPS) is 31.8. The van der Waals surface area contributed by atoms with Gasteiger partial charge in [0.25, 0.3) is 0 Å². The van der Waals surface area contributed by atoms with Crippen LogP contribution >= 0.6 is 0 Å². The summed E-state index contributed by atoms with van der Waals surface area (Å²) in [4.78, 5) is 4.02. The van der Waals surface area contributed by atoms with Crippen molar-refractivity contribution in [3.05, 3.63) is 29.6 Å². The van der Waals surface area contributed by atoms with E-state index in [1.165, 1.54) is 5.56 Å². The first kappa shape index (κ1) is 8.66. The van der Waals surface area contributed by atoms with E-state index in [2.05, 4.69) is 4.98 Å². The molecular formula is C10H14N2O. The highest BCUT2D eigenvalue weighted by molar-refractivity contribution is 5.36. The summed E-state index contributed by atoms with van der Waals surface area (Å²) < 4.78 is 0. The summed E-state index contributed by atoms with van der Waals surface area (Å²) in [5.41, 5.74) is 6.82. The standard InChI is InChI=1S/C10H14N2O/c1-7-4-8-2-3-12-5-9(8)10(7,13)6-11/h2-3,5,7,13H,4,6,11H2,1H3. The van der Waals surface area contributed by atoms with E-state index in [9.17, 15) is 5.11 Å². The van der Waals surface area contributed by atoms with Gasteiger partial charge < -0.3 is 10.8 Å². The average Bonchev–Trinajstić information content (AvgIpc) is 2.41. The second kappa shape index (κ2) is 2.79. The summed E-state index contributed by atoms with van der Waals surface area (Å²) in [6.45, 7) is 2.29. The Kier molecular flexibility index (Phi) is 1.86.